The Morgan fingerprint density at radius 1 is 1.40 bits per heavy atom. The SMILES string of the molecule is CCC(CC)CC(=O)CCC1CCNC1. The van der Waals surface area contributed by atoms with Crippen LogP contribution in [0.2, 0.25) is 0 Å². The van der Waals surface area contributed by atoms with E-state index in [0.29, 0.717) is 11.7 Å². The second kappa shape index (κ2) is 7.00. The van der Waals surface area contributed by atoms with E-state index < -0.39 is 0 Å². The van der Waals surface area contributed by atoms with Crippen molar-refractivity contribution < 1.29 is 4.79 Å². The lowest BCUT2D eigenvalue weighted by atomic mass is 9.93. The molecule has 0 aromatic carbocycles. The normalized spacial score (nSPS) is 21.1. The van der Waals surface area contributed by atoms with Crippen LogP contribution in [0.4, 0.5) is 0 Å². The van der Waals surface area contributed by atoms with Crippen LogP contribution in [-0.4, -0.2) is 18.9 Å². The first-order chi connectivity index (χ1) is 7.26. The highest BCUT2D eigenvalue weighted by atomic mass is 16.1. The van der Waals surface area contributed by atoms with Gasteiger partial charge in [0.1, 0.15) is 5.78 Å². The van der Waals surface area contributed by atoms with Crippen molar-refractivity contribution in [1.29, 1.82) is 0 Å². The standard InChI is InChI=1S/C13H25NO/c1-3-11(4-2)9-13(15)6-5-12-7-8-14-10-12/h11-12,14H,3-10H2,1-2H3. The van der Waals surface area contributed by atoms with Crippen LogP contribution in [-0.2, 0) is 4.79 Å². The van der Waals surface area contributed by atoms with E-state index in [0.717, 1.165) is 51.1 Å². The zero-order valence-electron chi connectivity index (χ0n) is 10.2. The highest BCUT2D eigenvalue weighted by Crippen LogP contribution is 2.18. The molecule has 1 atom stereocenters. The number of nitrogens with one attached hydrogen (secondary N) is 1. The lowest BCUT2D eigenvalue weighted by Crippen LogP contribution is -2.12. The van der Waals surface area contributed by atoms with Gasteiger partial charge in [0.15, 0.2) is 0 Å². The maximum absolute atomic E-state index is 11.7. The Bertz CT molecular complexity index is 181. The Morgan fingerprint density at radius 3 is 2.67 bits per heavy atom. The Hall–Kier alpha value is -0.370. The van der Waals surface area contributed by atoms with Crippen molar-refractivity contribution in [2.45, 2.75) is 52.4 Å². The van der Waals surface area contributed by atoms with Gasteiger partial charge in [0.2, 0.25) is 0 Å². The Balaban J connectivity index is 2.11. The van der Waals surface area contributed by atoms with Crippen LogP contribution in [0, 0.1) is 11.8 Å². The van der Waals surface area contributed by atoms with Gasteiger partial charge >= 0.3 is 0 Å². The molecule has 2 nitrogen and oxygen atoms in total. The third kappa shape index (κ3) is 4.78. The first-order valence-electron chi connectivity index (χ1n) is 6.48. The van der Waals surface area contributed by atoms with E-state index >= 15 is 0 Å². The average molecular weight is 211 g/mol. The molecule has 0 aliphatic carbocycles. The minimum absolute atomic E-state index is 0.482. The molecule has 15 heavy (non-hydrogen) atoms. The van der Waals surface area contributed by atoms with E-state index in [9.17, 15) is 4.79 Å². The topological polar surface area (TPSA) is 29.1 Å². The summed E-state index contributed by atoms with van der Waals surface area (Å²) in [6, 6.07) is 0. The summed E-state index contributed by atoms with van der Waals surface area (Å²) in [5.41, 5.74) is 0. The lowest BCUT2D eigenvalue weighted by molar-refractivity contribution is -0.120. The Kier molecular flexibility index (Phi) is 5.92. The second-order valence-electron chi connectivity index (χ2n) is 4.82. The average Bonchev–Trinajstić information content (AvgIpc) is 2.75. The van der Waals surface area contributed by atoms with E-state index in [1.807, 2.05) is 0 Å². The molecule has 88 valence electrons. The number of hydrogen-bond acceptors (Lipinski definition) is 2. The molecule has 0 radical (unpaired) electrons. The third-order valence-electron chi connectivity index (χ3n) is 3.66. The molecule has 1 unspecified atom stereocenters. The van der Waals surface area contributed by atoms with Gasteiger partial charge in [-0.1, -0.05) is 26.7 Å². The smallest absolute Gasteiger partial charge is 0.133 e. The number of ketones is 1. The van der Waals surface area contributed by atoms with Crippen LogP contribution in [0.15, 0.2) is 0 Å². The van der Waals surface area contributed by atoms with Crippen LogP contribution < -0.4 is 5.32 Å². The zero-order chi connectivity index (χ0) is 11.1. The molecule has 0 spiro atoms. The minimum atomic E-state index is 0.482. The van der Waals surface area contributed by atoms with E-state index in [1.165, 1.54) is 6.42 Å². The van der Waals surface area contributed by atoms with Gasteiger partial charge in [0.05, 0.1) is 0 Å². The summed E-state index contributed by atoms with van der Waals surface area (Å²) in [6.07, 6.45) is 6.28. The molecule has 0 amide bonds. The molecule has 1 N–H and O–H groups in total. The molecule has 0 bridgehead atoms. The van der Waals surface area contributed by atoms with Crippen molar-refractivity contribution in [2.75, 3.05) is 13.1 Å². The molecule has 1 aliphatic rings. The van der Waals surface area contributed by atoms with Crippen LogP contribution in [0.3, 0.4) is 0 Å². The summed E-state index contributed by atoms with van der Waals surface area (Å²) in [5.74, 6) is 1.87. The van der Waals surface area contributed by atoms with Gasteiger partial charge in [-0.3, -0.25) is 4.79 Å². The van der Waals surface area contributed by atoms with E-state index in [2.05, 4.69) is 19.2 Å². The summed E-state index contributed by atoms with van der Waals surface area (Å²) in [4.78, 5) is 11.7. The monoisotopic (exact) mass is 211 g/mol. The van der Waals surface area contributed by atoms with Crippen molar-refractivity contribution in [2.24, 2.45) is 11.8 Å². The molecular weight excluding hydrogens is 186 g/mol. The quantitative estimate of drug-likeness (QED) is 0.701. The number of Topliss-reactive ketones (excluding diaryl/α,β-unsaturated/α-hetero) is 1. The van der Waals surface area contributed by atoms with Gasteiger partial charge < -0.3 is 5.32 Å². The van der Waals surface area contributed by atoms with E-state index in [4.69, 9.17) is 0 Å². The largest absolute Gasteiger partial charge is 0.316 e. The van der Waals surface area contributed by atoms with Crippen LogP contribution in [0.1, 0.15) is 52.4 Å². The van der Waals surface area contributed by atoms with E-state index in [1.54, 1.807) is 0 Å². The molecule has 0 aromatic heterocycles. The number of carbonyl (C=O) groups is 1. The van der Waals surface area contributed by atoms with Crippen molar-refractivity contribution in [3.63, 3.8) is 0 Å². The summed E-state index contributed by atoms with van der Waals surface area (Å²) in [6.45, 7) is 6.63. The first kappa shape index (κ1) is 12.7. The Labute approximate surface area is 93.8 Å². The van der Waals surface area contributed by atoms with Crippen molar-refractivity contribution >= 4 is 5.78 Å². The van der Waals surface area contributed by atoms with Gasteiger partial charge in [0.25, 0.3) is 0 Å². The molecule has 1 rings (SSSR count). The van der Waals surface area contributed by atoms with Gasteiger partial charge in [0, 0.05) is 12.8 Å². The maximum Gasteiger partial charge on any atom is 0.133 e. The second-order valence-corrected chi connectivity index (χ2v) is 4.82. The lowest BCUT2D eigenvalue weighted by Gasteiger charge is -2.12. The molecular formula is C13H25NO. The van der Waals surface area contributed by atoms with Crippen molar-refractivity contribution in [3.05, 3.63) is 0 Å². The number of carbonyl (C=O) groups excluding carboxylic acids is 1. The van der Waals surface area contributed by atoms with Gasteiger partial charge in [-0.15, -0.1) is 0 Å². The molecule has 1 saturated heterocycles. The molecule has 2 heteroatoms. The predicted molar refractivity (Wildman–Crippen MR) is 63.9 cm³/mol. The molecule has 1 fully saturated rings. The Morgan fingerprint density at radius 2 is 2.13 bits per heavy atom. The minimum Gasteiger partial charge on any atom is -0.316 e. The predicted octanol–water partition coefficient (Wildman–Crippen LogP) is 2.77. The maximum atomic E-state index is 11.7. The van der Waals surface area contributed by atoms with Gasteiger partial charge in [-0.05, 0) is 37.8 Å². The van der Waals surface area contributed by atoms with Crippen LogP contribution >= 0.6 is 0 Å². The first-order valence-corrected chi connectivity index (χ1v) is 6.48. The van der Waals surface area contributed by atoms with Crippen molar-refractivity contribution in [3.8, 4) is 0 Å². The van der Waals surface area contributed by atoms with Crippen molar-refractivity contribution in [1.82, 2.24) is 5.32 Å². The van der Waals surface area contributed by atoms with Gasteiger partial charge in [-0.2, -0.15) is 0 Å². The summed E-state index contributed by atoms with van der Waals surface area (Å²) in [7, 11) is 0. The fourth-order valence-electron chi connectivity index (χ4n) is 2.33. The summed E-state index contributed by atoms with van der Waals surface area (Å²) < 4.78 is 0. The fourth-order valence-corrected chi connectivity index (χ4v) is 2.33. The zero-order valence-corrected chi connectivity index (χ0v) is 10.2. The molecule has 0 aromatic rings. The highest BCUT2D eigenvalue weighted by Gasteiger charge is 2.16. The molecule has 1 heterocycles. The summed E-state index contributed by atoms with van der Waals surface area (Å²) >= 11 is 0. The molecule has 1 aliphatic heterocycles. The third-order valence-corrected chi connectivity index (χ3v) is 3.66. The highest BCUT2D eigenvalue weighted by molar-refractivity contribution is 5.78. The molecule has 0 saturated carbocycles. The summed E-state index contributed by atoms with van der Waals surface area (Å²) in [5, 5.41) is 3.35. The number of rotatable bonds is 7. The van der Waals surface area contributed by atoms with Crippen LogP contribution in [0.5, 0.6) is 0 Å². The van der Waals surface area contributed by atoms with Crippen LogP contribution in [0.25, 0.3) is 0 Å². The fraction of sp³-hybridized carbons (Fsp3) is 0.923. The number of hydrogen-bond donors (Lipinski definition) is 1. The van der Waals surface area contributed by atoms with E-state index in [-0.39, 0.29) is 0 Å². The van der Waals surface area contributed by atoms with Gasteiger partial charge in [-0.25, -0.2) is 0 Å².